The fraction of sp³-hybridized carbons (Fsp3) is 0.278. The standard InChI is InChI=1S/C18H22N4O2/c1-4-10-20-18(24)16-12-13(9-11-19-16)17(23)21-14-5-7-15(8-6-14)22(2)3/h5-9,11-12H,4,10H2,1-3H3,(H,20,24)(H,21,23). The molecule has 6 nitrogen and oxygen atoms in total. The molecule has 0 radical (unpaired) electrons. The molecule has 1 aromatic heterocycles. The number of rotatable bonds is 6. The summed E-state index contributed by atoms with van der Waals surface area (Å²) in [5.74, 6) is -0.554. The molecule has 0 spiro atoms. The van der Waals surface area contributed by atoms with Gasteiger partial charge in [-0.1, -0.05) is 6.92 Å². The van der Waals surface area contributed by atoms with E-state index < -0.39 is 0 Å². The van der Waals surface area contributed by atoms with Gasteiger partial charge in [-0.05, 0) is 42.8 Å². The van der Waals surface area contributed by atoms with E-state index in [4.69, 9.17) is 0 Å². The Morgan fingerprint density at radius 1 is 1.08 bits per heavy atom. The van der Waals surface area contributed by atoms with E-state index in [1.54, 1.807) is 6.07 Å². The van der Waals surface area contributed by atoms with Gasteiger partial charge in [-0.3, -0.25) is 14.6 Å². The van der Waals surface area contributed by atoms with Crippen molar-refractivity contribution in [3.05, 3.63) is 53.9 Å². The second-order valence-electron chi connectivity index (χ2n) is 5.58. The first-order valence-electron chi connectivity index (χ1n) is 7.84. The molecule has 0 atom stereocenters. The van der Waals surface area contributed by atoms with Crippen LogP contribution in [0.3, 0.4) is 0 Å². The minimum atomic E-state index is -0.278. The fourth-order valence-corrected chi connectivity index (χ4v) is 2.07. The highest BCUT2D eigenvalue weighted by molar-refractivity contribution is 6.05. The zero-order chi connectivity index (χ0) is 17.5. The minimum absolute atomic E-state index is 0.235. The molecule has 0 aliphatic heterocycles. The molecule has 1 heterocycles. The van der Waals surface area contributed by atoms with Crippen LogP contribution in [0.5, 0.6) is 0 Å². The molecule has 126 valence electrons. The Morgan fingerprint density at radius 2 is 1.79 bits per heavy atom. The van der Waals surface area contributed by atoms with Gasteiger partial charge >= 0.3 is 0 Å². The lowest BCUT2D eigenvalue weighted by molar-refractivity contribution is 0.0948. The van der Waals surface area contributed by atoms with Crippen LogP contribution in [-0.4, -0.2) is 37.4 Å². The van der Waals surface area contributed by atoms with Gasteiger partial charge in [-0.15, -0.1) is 0 Å². The number of nitrogens with one attached hydrogen (secondary N) is 2. The highest BCUT2D eigenvalue weighted by atomic mass is 16.2. The maximum absolute atomic E-state index is 12.3. The van der Waals surface area contributed by atoms with E-state index in [-0.39, 0.29) is 17.5 Å². The molecule has 0 fully saturated rings. The lowest BCUT2D eigenvalue weighted by Gasteiger charge is -2.13. The predicted octanol–water partition coefficient (Wildman–Crippen LogP) is 2.54. The van der Waals surface area contributed by atoms with Crippen LogP contribution in [0.2, 0.25) is 0 Å². The van der Waals surface area contributed by atoms with Crippen molar-refractivity contribution in [2.75, 3.05) is 30.9 Å². The van der Waals surface area contributed by atoms with E-state index in [9.17, 15) is 9.59 Å². The number of aromatic nitrogens is 1. The molecule has 0 saturated heterocycles. The number of hydrogen-bond donors (Lipinski definition) is 2. The smallest absolute Gasteiger partial charge is 0.269 e. The number of nitrogens with zero attached hydrogens (tertiary/aromatic N) is 2. The Hall–Kier alpha value is -2.89. The molecule has 0 aliphatic carbocycles. The van der Waals surface area contributed by atoms with E-state index in [1.165, 1.54) is 12.3 Å². The van der Waals surface area contributed by atoms with Gasteiger partial charge in [0.2, 0.25) is 0 Å². The number of carbonyl (C=O) groups excluding carboxylic acids is 2. The maximum Gasteiger partial charge on any atom is 0.269 e. The van der Waals surface area contributed by atoms with Crippen molar-refractivity contribution in [3.63, 3.8) is 0 Å². The first-order valence-corrected chi connectivity index (χ1v) is 7.84. The molecule has 0 bridgehead atoms. The number of amides is 2. The van der Waals surface area contributed by atoms with Gasteiger partial charge in [0.15, 0.2) is 0 Å². The third kappa shape index (κ3) is 4.55. The molecule has 24 heavy (non-hydrogen) atoms. The first-order chi connectivity index (χ1) is 11.5. The lowest BCUT2D eigenvalue weighted by Crippen LogP contribution is -2.25. The molecule has 2 N–H and O–H groups in total. The number of hydrogen-bond acceptors (Lipinski definition) is 4. The normalized spacial score (nSPS) is 10.1. The highest BCUT2D eigenvalue weighted by Gasteiger charge is 2.11. The van der Waals surface area contributed by atoms with Crippen molar-refractivity contribution in [2.45, 2.75) is 13.3 Å². The number of anilines is 2. The Kier molecular flexibility index (Phi) is 5.89. The summed E-state index contributed by atoms with van der Waals surface area (Å²) in [6, 6.07) is 10.6. The van der Waals surface area contributed by atoms with E-state index >= 15 is 0 Å². The third-order valence-electron chi connectivity index (χ3n) is 3.43. The lowest BCUT2D eigenvalue weighted by atomic mass is 10.2. The van der Waals surface area contributed by atoms with E-state index in [2.05, 4.69) is 15.6 Å². The molecule has 1 aromatic carbocycles. The largest absolute Gasteiger partial charge is 0.378 e. The molecular weight excluding hydrogens is 304 g/mol. The van der Waals surface area contributed by atoms with E-state index in [1.807, 2.05) is 50.2 Å². The molecule has 0 aliphatic rings. The van der Waals surface area contributed by atoms with Crippen molar-refractivity contribution >= 4 is 23.2 Å². The maximum atomic E-state index is 12.3. The number of pyridine rings is 1. The van der Waals surface area contributed by atoms with Gasteiger partial charge in [0.05, 0.1) is 0 Å². The van der Waals surface area contributed by atoms with Crippen LogP contribution < -0.4 is 15.5 Å². The quantitative estimate of drug-likeness (QED) is 0.855. The SMILES string of the molecule is CCCNC(=O)c1cc(C(=O)Nc2ccc(N(C)C)cc2)ccn1. The second-order valence-corrected chi connectivity index (χ2v) is 5.58. The second kappa shape index (κ2) is 8.10. The average Bonchev–Trinajstić information content (AvgIpc) is 2.60. The molecule has 2 rings (SSSR count). The Balaban J connectivity index is 2.08. The zero-order valence-corrected chi connectivity index (χ0v) is 14.2. The predicted molar refractivity (Wildman–Crippen MR) is 95.6 cm³/mol. The Labute approximate surface area is 141 Å². The molecule has 2 amide bonds. The number of carbonyl (C=O) groups is 2. The fourth-order valence-electron chi connectivity index (χ4n) is 2.07. The van der Waals surface area contributed by atoms with Crippen LogP contribution in [0.4, 0.5) is 11.4 Å². The molecular formula is C18H22N4O2. The van der Waals surface area contributed by atoms with Crippen LogP contribution in [0.25, 0.3) is 0 Å². The van der Waals surface area contributed by atoms with Crippen LogP contribution in [0.1, 0.15) is 34.2 Å². The number of benzene rings is 1. The molecule has 0 saturated carbocycles. The van der Waals surface area contributed by atoms with Crippen LogP contribution in [-0.2, 0) is 0 Å². The van der Waals surface area contributed by atoms with Gasteiger partial charge in [-0.25, -0.2) is 0 Å². The third-order valence-corrected chi connectivity index (χ3v) is 3.43. The topological polar surface area (TPSA) is 74.3 Å². The summed E-state index contributed by atoms with van der Waals surface area (Å²) in [6.45, 7) is 2.55. The monoisotopic (exact) mass is 326 g/mol. The summed E-state index contributed by atoms with van der Waals surface area (Å²) >= 11 is 0. The summed E-state index contributed by atoms with van der Waals surface area (Å²) < 4.78 is 0. The Morgan fingerprint density at radius 3 is 2.42 bits per heavy atom. The highest BCUT2D eigenvalue weighted by Crippen LogP contribution is 2.16. The van der Waals surface area contributed by atoms with Crippen molar-refractivity contribution in [3.8, 4) is 0 Å². The summed E-state index contributed by atoms with van der Waals surface area (Å²) in [5.41, 5.74) is 2.37. The van der Waals surface area contributed by atoms with E-state index in [0.29, 0.717) is 17.8 Å². The van der Waals surface area contributed by atoms with E-state index in [0.717, 1.165) is 12.1 Å². The summed E-state index contributed by atoms with van der Waals surface area (Å²) in [5, 5.41) is 5.56. The average molecular weight is 326 g/mol. The van der Waals surface area contributed by atoms with Crippen molar-refractivity contribution in [2.24, 2.45) is 0 Å². The van der Waals surface area contributed by atoms with Gasteiger partial charge < -0.3 is 15.5 Å². The zero-order valence-electron chi connectivity index (χ0n) is 14.2. The first kappa shape index (κ1) is 17.5. The van der Waals surface area contributed by atoms with Crippen molar-refractivity contribution in [1.82, 2.24) is 10.3 Å². The van der Waals surface area contributed by atoms with Gasteiger partial charge in [0.1, 0.15) is 5.69 Å². The molecule has 2 aromatic rings. The van der Waals surface area contributed by atoms with Crippen LogP contribution in [0, 0.1) is 0 Å². The van der Waals surface area contributed by atoms with Gasteiger partial charge in [0, 0.05) is 43.8 Å². The van der Waals surface area contributed by atoms with Gasteiger partial charge in [0.25, 0.3) is 11.8 Å². The minimum Gasteiger partial charge on any atom is -0.378 e. The summed E-state index contributed by atoms with van der Waals surface area (Å²) in [6.07, 6.45) is 2.31. The van der Waals surface area contributed by atoms with Crippen molar-refractivity contribution < 1.29 is 9.59 Å². The van der Waals surface area contributed by atoms with Crippen LogP contribution in [0.15, 0.2) is 42.6 Å². The summed E-state index contributed by atoms with van der Waals surface area (Å²) in [7, 11) is 3.91. The van der Waals surface area contributed by atoms with Crippen LogP contribution >= 0.6 is 0 Å². The Bertz CT molecular complexity index is 711. The molecule has 6 heteroatoms. The van der Waals surface area contributed by atoms with Crippen molar-refractivity contribution in [1.29, 1.82) is 0 Å². The van der Waals surface area contributed by atoms with Gasteiger partial charge in [-0.2, -0.15) is 0 Å². The molecule has 0 unspecified atom stereocenters. The summed E-state index contributed by atoms with van der Waals surface area (Å²) in [4.78, 5) is 30.3.